The Morgan fingerprint density at radius 1 is 1.08 bits per heavy atom. The van der Waals surface area contributed by atoms with Crippen LogP contribution in [0.4, 0.5) is 5.69 Å². The molecule has 0 aliphatic heterocycles. The zero-order valence-corrected chi connectivity index (χ0v) is 14.5. The van der Waals surface area contributed by atoms with Gasteiger partial charge >= 0.3 is 0 Å². The average molecular weight is 346 g/mol. The molecular weight excluding hydrogens is 328 g/mol. The quantitative estimate of drug-likeness (QED) is 0.703. The van der Waals surface area contributed by atoms with E-state index in [-0.39, 0.29) is 5.09 Å². The van der Waals surface area contributed by atoms with E-state index in [0.717, 1.165) is 11.3 Å². The number of rotatable bonds is 5. The molecule has 0 fully saturated rings. The Morgan fingerprint density at radius 2 is 1.79 bits per heavy atom. The predicted molar refractivity (Wildman–Crippen MR) is 90.3 cm³/mol. The topological polar surface area (TPSA) is 76.6 Å². The molecule has 24 heavy (non-hydrogen) atoms. The molecule has 6 nitrogen and oxygen atoms in total. The number of aryl methyl sites for hydroxylation is 1. The number of sulfonamides is 1. The Morgan fingerprint density at radius 3 is 2.38 bits per heavy atom. The number of nitrogens with zero attached hydrogens (tertiary/aromatic N) is 2. The first-order valence-corrected chi connectivity index (χ1v) is 9.00. The molecule has 0 aliphatic carbocycles. The van der Waals surface area contributed by atoms with Gasteiger partial charge in [-0.25, -0.2) is 0 Å². The maximum absolute atomic E-state index is 12.9. The number of para-hydroxylation sites is 1. The van der Waals surface area contributed by atoms with E-state index in [1.807, 2.05) is 19.9 Å². The Balaban J connectivity index is 2.00. The van der Waals surface area contributed by atoms with Crippen molar-refractivity contribution in [2.24, 2.45) is 0 Å². The molecule has 2 heterocycles. The van der Waals surface area contributed by atoms with Crippen LogP contribution >= 0.6 is 0 Å². The molecule has 3 rings (SSSR count). The lowest BCUT2D eigenvalue weighted by atomic mass is 10.2. The van der Waals surface area contributed by atoms with Gasteiger partial charge in [0, 0.05) is 12.1 Å². The van der Waals surface area contributed by atoms with E-state index in [1.165, 1.54) is 10.4 Å². The molecule has 0 N–H and O–H groups in total. The van der Waals surface area contributed by atoms with Crippen molar-refractivity contribution in [2.75, 3.05) is 10.8 Å². The molecule has 7 heteroatoms. The van der Waals surface area contributed by atoms with Crippen LogP contribution in [-0.4, -0.2) is 20.1 Å². The summed E-state index contributed by atoms with van der Waals surface area (Å²) >= 11 is 0. The molecule has 0 unspecified atom stereocenters. The van der Waals surface area contributed by atoms with Gasteiger partial charge in [0.2, 0.25) is 10.9 Å². The van der Waals surface area contributed by atoms with E-state index in [4.69, 9.17) is 8.94 Å². The molecule has 0 saturated carbocycles. The SMILES string of the molecule is CCN(c1ccccc1)S(=O)(=O)c1ccc(-c2onc(C)c2C)o1. The normalized spacial score (nSPS) is 11.6. The first-order chi connectivity index (χ1) is 11.4. The number of benzene rings is 1. The van der Waals surface area contributed by atoms with Crippen molar-refractivity contribution in [3.63, 3.8) is 0 Å². The Kier molecular flexibility index (Phi) is 4.19. The molecule has 0 spiro atoms. The summed E-state index contributed by atoms with van der Waals surface area (Å²) < 4.78 is 37.9. The third kappa shape index (κ3) is 2.71. The van der Waals surface area contributed by atoms with Crippen LogP contribution in [0.3, 0.4) is 0 Å². The lowest BCUT2D eigenvalue weighted by molar-refractivity contribution is 0.397. The number of anilines is 1. The molecule has 0 saturated heterocycles. The minimum absolute atomic E-state index is 0.128. The summed E-state index contributed by atoms with van der Waals surface area (Å²) in [5.41, 5.74) is 2.15. The highest BCUT2D eigenvalue weighted by Crippen LogP contribution is 2.31. The molecule has 126 valence electrons. The lowest BCUT2D eigenvalue weighted by Gasteiger charge is -2.21. The summed E-state index contributed by atoms with van der Waals surface area (Å²) in [5, 5.41) is 3.74. The number of aromatic nitrogens is 1. The van der Waals surface area contributed by atoms with Crippen LogP contribution in [0.2, 0.25) is 0 Å². The summed E-state index contributed by atoms with van der Waals surface area (Å²) in [6.45, 7) is 5.73. The second-order valence-corrected chi connectivity index (χ2v) is 7.14. The summed E-state index contributed by atoms with van der Waals surface area (Å²) in [7, 11) is -3.79. The lowest BCUT2D eigenvalue weighted by Crippen LogP contribution is -2.30. The van der Waals surface area contributed by atoms with Gasteiger partial charge in [-0.2, -0.15) is 8.42 Å². The maximum atomic E-state index is 12.9. The molecule has 0 amide bonds. The van der Waals surface area contributed by atoms with E-state index < -0.39 is 10.0 Å². The van der Waals surface area contributed by atoms with Gasteiger partial charge in [0.15, 0.2) is 5.76 Å². The smallest absolute Gasteiger partial charge is 0.297 e. The number of hydrogen-bond donors (Lipinski definition) is 0. The molecular formula is C17H18N2O4S. The Labute approximate surface area is 140 Å². The van der Waals surface area contributed by atoms with Crippen LogP contribution in [0.25, 0.3) is 11.5 Å². The first-order valence-electron chi connectivity index (χ1n) is 7.56. The number of furan rings is 1. The molecule has 0 bridgehead atoms. The second-order valence-electron chi connectivity index (χ2n) is 5.35. The van der Waals surface area contributed by atoms with Crippen molar-refractivity contribution in [1.29, 1.82) is 0 Å². The second kappa shape index (κ2) is 6.16. The van der Waals surface area contributed by atoms with Crippen molar-refractivity contribution in [3.05, 3.63) is 53.7 Å². The summed E-state index contributed by atoms with van der Waals surface area (Å²) in [6, 6.07) is 11.9. The van der Waals surface area contributed by atoms with Gasteiger partial charge in [0.1, 0.15) is 0 Å². The molecule has 0 radical (unpaired) electrons. The third-order valence-electron chi connectivity index (χ3n) is 3.84. The van der Waals surface area contributed by atoms with Crippen molar-refractivity contribution >= 4 is 15.7 Å². The largest absolute Gasteiger partial charge is 0.439 e. The Hall–Kier alpha value is -2.54. The van der Waals surface area contributed by atoms with Crippen LogP contribution in [0.15, 0.2) is 56.5 Å². The van der Waals surface area contributed by atoms with Crippen LogP contribution in [0.5, 0.6) is 0 Å². The van der Waals surface area contributed by atoms with Crippen LogP contribution in [-0.2, 0) is 10.0 Å². The highest BCUT2D eigenvalue weighted by atomic mass is 32.2. The highest BCUT2D eigenvalue weighted by Gasteiger charge is 2.28. The minimum atomic E-state index is -3.79. The molecule has 1 aromatic carbocycles. The van der Waals surface area contributed by atoms with E-state index in [0.29, 0.717) is 23.8 Å². The van der Waals surface area contributed by atoms with Crippen LogP contribution in [0.1, 0.15) is 18.2 Å². The summed E-state index contributed by atoms with van der Waals surface area (Å²) in [5.74, 6) is 0.785. The van der Waals surface area contributed by atoms with E-state index >= 15 is 0 Å². The monoisotopic (exact) mass is 346 g/mol. The fourth-order valence-corrected chi connectivity index (χ4v) is 3.81. The van der Waals surface area contributed by atoms with Crippen molar-refractivity contribution in [3.8, 4) is 11.5 Å². The van der Waals surface area contributed by atoms with Crippen molar-refractivity contribution < 1.29 is 17.4 Å². The molecule has 2 aromatic heterocycles. The van der Waals surface area contributed by atoms with Gasteiger partial charge in [-0.1, -0.05) is 23.4 Å². The molecule has 3 aromatic rings. The van der Waals surface area contributed by atoms with Crippen LogP contribution in [0, 0.1) is 13.8 Å². The van der Waals surface area contributed by atoms with E-state index in [1.54, 1.807) is 37.3 Å². The summed E-state index contributed by atoms with van der Waals surface area (Å²) in [6.07, 6.45) is 0. The zero-order valence-electron chi connectivity index (χ0n) is 13.7. The fraction of sp³-hybridized carbons (Fsp3) is 0.235. The zero-order chi connectivity index (χ0) is 17.3. The van der Waals surface area contributed by atoms with E-state index in [9.17, 15) is 8.42 Å². The Bertz CT molecular complexity index is 942. The molecule has 0 atom stereocenters. The highest BCUT2D eigenvalue weighted by molar-refractivity contribution is 7.92. The van der Waals surface area contributed by atoms with Crippen molar-refractivity contribution in [2.45, 2.75) is 25.9 Å². The average Bonchev–Trinajstić information content (AvgIpc) is 3.17. The minimum Gasteiger partial charge on any atom is -0.439 e. The predicted octanol–water partition coefficient (Wildman–Crippen LogP) is 3.77. The van der Waals surface area contributed by atoms with Crippen LogP contribution < -0.4 is 4.31 Å². The van der Waals surface area contributed by atoms with Gasteiger partial charge < -0.3 is 8.94 Å². The number of hydrogen-bond acceptors (Lipinski definition) is 5. The maximum Gasteiger partial charge on any atom is 0.297 e. The van der Waals surface area contributed by atoms with Crippen molar-refractivity contribution in [1.82, 2.24) is 5.16 Å². The van der Waals surface area contributed by atoms with Gasteiger partial charge in [-0.15, -0.1) is 0 Å². The summed E-state index contributed by atoms with van der Waals surface area (Å²) in [4.78, 5) is 0. The standard InChI is InChI=1S/C17H18N2O4S/c1-4-19(14-8-6-5-7-9-14)24(20,21)16-11-10-15(22-16)17-12(2)13(3)18-23-17/h5-11H,4H2,1-3H3. The fourth-order valence-electron chi connectivity index (χ4n) is 2.42. The van der Waals surface area contributed by atoms with Gasteiger partial charge in [-0.05, 0) is 45.0 Å². The molecule has 0 aliphatic rings. The first kappa shape index (κ1) is 16.3. The van der Waals surface area contributed by atoms with E-state index in [2.05, 4.69) is 5.16 Å². The van der Waals surface area contributed by atoms with Gasteiger partial charge in [0.25, 0.3) is 10.0 Å². The third-order valence-corrected chi connectivity index (χ3v) is 5.62. The van der Waals surface area contributed by atoms with Gasteiger partial charge in [0.05, 0.1) is 11.4 Å². The van der Waals surface area contributed by atoms with Gasteiger partial charge in [-0.3, -0.25) is 4.31 Å².